The number of aryl methyl sites for hydroxylation is 1. The second kappa shape index (κ2) is 5.53. The van der Waals surface area contributed by atoms with Crippen molar-refractivity contribution in [2.24, 2.45) is 0 Å². The number of fused-ring (bicyclic) bond motifs is 1. The standard InChI is InChI=1S/C16H12FIO2S/c17-14-10-13-11(9-15(14)18)5-4-8-16(13)21(19,20)12-6-2-1-3-7-12/h1-3,6-10H,4-5H2. The van der Waals surface area contributed by atoms with Gasteiger partial charge in [0.1, 0.15) is 5.82 Å². The van der Waals surface area contributed by atoms with Gasteiger partial charge in [0, 0.05) is 3.57 Å². The Morgan fingerprint density at radius 1 is 1.10 bits per heavy atom. The first-order chi connectivity index (χ1) is 10.00. The molecule has 2 aromatic rings. The third-order valence-electron chi connectivity index (χ3n) is 3.50. The molecular weight excluding hydrogens is 402 g/mol. The second-order valence-corrected chi connectivity index (χ2v) is 7.93. The van der Waals surface area contributed by atoms with Crippen LogP contribution in [0.5, 0.6) is 0 Å². The van der Waals surface area contributed by atoms with Gasteiger partial charge in [-0.05, 0) is 70.8 Å². The summed E-state index contributed by atoms with van der Waals surface area (Å²) in [6.07, 6.45) is 3.08. The molecule has 0 fully saturated rings. The fourth-order valence-corrected chi connectivity index (χ4v) is 4.59. The van der Waals surface area contributed by atoms with Gasteiger partial charge in [0.25, 0.3) is 0 Å². The van der Waals surface area contributed by atoms with E-state index in [4.69, 9.17) is 0 Å². The highest BCUT2D eigenvalue weighted by Crippen LogP contribution is 2.35. The largest absolute Gasteiger partial charge is 0.219 e. The molecule has 0 amide bonds. The highest BCUT2D eigenvalue weighted by atomic mass is 127. The van der Waals surface area contributed by atoms with Gasteiger partial charge in [-0.15, -0.1) is 0 Å². The lowest BCUT2D eigenvalue weighted by molar-refractivity contribution is 0.605. The summed E-state index contributed by atoms with van der Waals surface area (Å²) < 4.78 is 39.9. The Labute approximate surface area is 136 Å². The van der Waals surface area contributed by atoms with Gasteiger partial charge in [0.05, 0.1) is 9.80 Å². The topological polar surface area (TPSA) is 34.1 Å². The zero-order valence-corrected chi connectivity index (χ0v) is 14.0. The van der Waals surface area contributed by atoms with E-state index in [1.165, 1.54) is 6.07 Å². The zero-order chi connectivity index (χ0) is 15.0. The molecule has 108 valence electrons. The third kappa shape index (κ3) is 2.64. The predicted molar refractivity (Wildman–Crippen MR) is 89.0 cm³/mol. The van der Waals surface area contributed by atoms with Gasteiger partial charge >= 0.3 is 0 Å². The molecule has 3 rings (SSSR count). The smallest absolute Gasteiger partial charge is 0.206 e. The number of halogens is 2. The average molecular weight is 414 g/mol. The number of rotatable bonds is 2. The highest BCUT2D eigenvalue weighted by Gasteiger charge is 2.26. The Balaban J connectivity index is 2.18. The van der Waals surface area contributed by atoms with Crippen molar-refractivity contribution >= 4 is 37.3 Å². The lowest BCUT2D eigenvalue weighted by atomic mass is 9.97. The van der Waals surface area contributed by atoms with Crippen LogP contribution in [0.2, 0.25) is 0 Å². The molecule has 5 heteroatoms. The maximum atomic E-state index is 13.8. The van der Waals surface area contributed by atoms with Crippen LogP contribution in [0.4, 0.5) is 4.39 Å². The van der Waals surface area contributed by atoms with Crippen molar-refractivity contribution in [1.82, 2.24) is 0 Å². The number of sulfone groups is 1. The molecule has 0 saturated carbocycles. The molecule has 0 bridgehead atoms. The van der Waals surface area contributed by atoms with E-state index < -0.39 is 9.84 Å². The first kappa shape index (κ1) is 14.7. The van der Waals surface area contributed by atoms with Gasteiger partial charge in [-0.25, -0.2) is 12.8 Å². The monoisotopic (exact) mass is 414 g/mol. The Morgan fingerprint density at radius 2 is 1.81 bits per heavy atom. The summed E-state index contributed by atoms with van der Waals surface area (Å²) in [5, 5.41) is 0. The van der Waals surface area contributed by atoms with Gasteiger partial charge in [-0.2, -0.15) is 0 Å². The number of benzene rings is 2. The summed E-state index contributed by atoms with van der Waals surface area (Å²) in [4.78, 5) is 0.452. The predicted octanol–water partition coefficient (Wildman–Crippen LogP) is 4.19. The Hall–Kier alpha value is -1.21. The van der Waals surface area contributed by atoms with Crippen LogP contribution in [0, 0.1) is 9.39 Å². The van der Waals surface area contributed by atoms with E-state index in [1.54, 1.807) is 42.5 Å². The summed E-state index contributed by atoms with van der Waals surface area (Å²) in [6, 6.07) is 11.3. The average Bonchev–Trinajstić information content (AvgIpc) is 2.49. The van der Waals surface area contributed by atoms with Gasteiger partial charge in [0.2, 0.25) is 9.84 Å². The number of hydrogen-bond donors (Lipinski definition) is 0. The van der Waals surface area contributed by atoms with Gasteiger partial charge in [0.15, 0.2) is 0 Å². The minimum absolute atomic E-state index is 0.213. The molecule has 0 aliphatic heterocycles. The van der Waals surface area contributed by atoms with Crippen LogP contribution in [0.3, 0.4) is 0 Å². The van der Waals surface area contributed by atoms with Crippen LogP contribution < -0.4 is 0 Å². The lowest BCUT2D eigenvalue weighted by Gasteiger charge is -2.18. The Kier molecular flexibility index (Phi) is 3.88. The summed E-state index contributed by atoms with van der Waals surface area (Å²) in [5.41, 5.74) is 1.38. The molecule has 0 spiro atoms. The van der Waals surface area contributed by atoms with E-state index in [0.717, 1.165) is 12.0 Å². The maximum absolute atomic E-state index is 13.8. The van der Waals surface area contributed by atoms with Crippen molar-refractivity contribution < 1.29 is 12.8 Å². The SMILES string of the molecule is O=S(=O)(C1=CCCc2cc(I)c(F)cc21)c1ccccc1. The van der Waals surface area contributed by atoms with Gasteiger partial charge in [-0.1, -0.05) is 24.3 Å². The molecule has 2 aromatic carbocycles. The number of allylic oxidation sites excluding steroid dienone is 1. The van der Waals surface area contributed by atoms with Crippen molar-refractivity contribution in [3.63, 3.8) is 0 Å². The Morgan fingerprint density at radius 3 is 2.52 bits per heavy atom. The van der Waals surface area contributed by atoms with Crippen molar-refractivity contribution in [2.75, 3.05) is 0 Å². The van der Waals surface area contributed by atoms with Crippen molar-refractivity contribution in [2.45, 2.75) is 17.7 Å². The van der Waals surface area contributed by atoms with Crippen LogP contribution in [0.25, 0.3) is 4.91 Å². The first-order valence-electron chi connectivity index (χ1n) is 6.49. The van der Waals surface area contributed by atoms with Crippen LogP contribution in [-0.2, 0) is 16.3 Å². The summed E-state index contributed by atoms with van der Waals surface area (Å²) in [6.45, 7) is 0. The summed E-state index contributed by atoms with van der Waals surface area (Å²) in [7, 11) is -3.61. The third-order valence-corrected chi connectivity index (χ3v) is 6.18. The second-order valence-electron chi connectivity index (χ2n) is 4.85. The molecule has 21 heavy (non-hydrogen) atoms. The molecule has 0 saturated heterocycles. The molecule has 1 aliphatic rings. The fraction of sp³-hybridized carbons (Fsp3) is 0.125. The quantitative estimate of drug-likeness (QED) is 0.691. The first-order valence-corrected chi connectivity index (χ1v) is 9.05. The van der Waals surface area contributed by atoms with E-state index in [2.05, 4.69) is 0 Å². The van der Waals surface area contributed by atoms with Crippen LogP contribution in [0.1, 0.15) is 17.5 Å². The maximum Gasteiger partial charge on any atom is 0.206 e. The van der Waals surface area contributed by atoms with E-state index in [9.17, 15) is 12.8 Å². The van der Waals surface area contributed by atoms with Crippen LogP contribution >= 0.6 is 22.6 Å². The Bertz CT molecular complexity index is 827. The normalized spacial score (nSPS) is 14.5. The molecule has 0 N–H and O–H groups in total. The van der Waals surface area contributed by atoms with Gasteiger partial charge < -0.3 is 0 Å². The van der Waals surface area contributed by atoms with Crippen molar-refractivity contribution in [1.29, 1.82) is 0 Å². The molecule has 0 atom stereocenters. The van der Waals surface area contributed by atoms with Gasteiger partial charge in [-0.3, -0.25) is 0 Å². The molecule has 0 unspecified atom stereocenters. The van der Waals surface area contributed by atoms with Crippen LogP contribution in [-0.4, -0.2) is 8.42 Å². The minimum Gasteiger partial charge on any atom is -0.219 e. The van der Waals surface area contributed by atoms with Crippen molar-refractivity contribution in [3.05, 3.63) is 69.1 Å². The van der Waals surface area contributed by atoms with Crippen molar-refractivity contribution in [3.8, 4) is 0 Å². The zero-order valence-electron chi connectivity index (χ0n) is 11.0. The van der Waals surface area contributed by atoms with E-state index >= 15 is 0 Å². The molecule has 0 aromatic heterocycles. The summed E-state index contributed by atoms with van der Waals surface area (Å²) >= 11 is 1.93. The van der Waals surface area contributed by atoms with E-state index in [1.807, 2.05) is 22.6 Å². The molecular formula is C16H12FIO2S. The molecule has 1 aliphatic carbocycles. The van der Waals surface area contributed by atoms with Crippen LogP contribution in [0.15, 0.2) is 53.4 Å². The number of hydrogen-bond acceptors (Lipinski definition) is 2. The molecule has 0 heterocycles. The van der Waals surface area contributed by atoms with E-state index in [0.29, 0.717) is 15.6 Å². The molecule has 0 radical (unpaired) electrons. The lowest BCUT2D eigenvalue weighted by Crippen LogP contribution is -2.10. The van der Waals surface area contributed by atoms with E-state index in [-0.39, 0.29) is 15.6 Å². The minimum atomic E-state index is -3.61. The summed E-state index contributed by atoms with van der Waals surface area (Å²) in [5.74, 6) is -0.384. The fourth-order valence-electron chi connectivity index (χ4n) is 2.47. The highest BCUT2D eigenvalue weighted by molar-refractivity contribution is 14.1. The molecule has 2 nitrogen and oxygen atoms in total.